The van der Waals surface area contributed by atoms with E-state index in [2.05, 4.69) is 0 Å². The van der Waals surface area contributed by atoms with Crippen LogP contribution in [0.3, 0.4) is 0 Å². The Hall–Kier alpha value is -2.47. The second-order valence-corrected chi connectivity index (χ2v) is 6.98. The summed E-state index contributed by atoms with van der Waals surface area (Å²) >= 11 is 0. The van der Waals surface area contributed by atoms with Crippen molar-refractivity contribution in [3.63, 3.8) is 0 Å². The summed E-state index contributed by atoms with van der Waals surface area (Å²) in [6, 6.07) is 5.63. The largest absolute Gasteiger partial charge is 0.462 e. The Bertz CT molecular complexity index is 829. The quantitative estimate of drug-likeness (QED) is 0.475. The van der Waals surface area contributed by atoms with Gasteiger partial charge in [0.15, 0.2) is 0 Å². The molecular formula is C19H19NO5. The fraction of sp³-hybridized carbons (Fsp3) is 0.421. The topological polar surface area (TPSA) is 72.9 Å². The molecule has 0 spiro atoms. The average Bonchev–Trinajstić information content (AvgIpc) is 3.18. The number of anilines is 1. The number of carbonyl (C=O) groups is 3. The van der Waals surface area contributed by atoms with Crippen molar-refractivity contribution in [1.29, 1.82) is 0 Å². The van der Waals surface area contributed by atoms with Gasteiger partial charge in [0.05, 0.1) is 23.6 Å². The van der Waals surface area contributed by atoms with E-state index in [4.69, 9.17) is 9.47 Å². The molecule has 130 valence electrons. The summed E-state index contributed by atoms with van der Waals surface area (Å²) in [5, 5.41) is 0. The van der Waals surface area contributed by atoms with Gasteiger partial charge < -0.3 is 9.47 Å². The van der Waals surface area contributed by atoms with Gasteiger partial charge in [0.1, 0.15) is 12.2 Å². The zero-order valence-electron chi connectivity index (χ0n) is 14.3. The molecule has 0 unspecified atom stereocenters. The molecule has 4 atom stereocenters. The Morgan fingerprint density at radius 3 is 2.72 bits per heavy atom. The summed E-state index contributed by atoms with van der Waals surface area (Å²) < 4.78 is 11.0. The summed E-state index contributed by atoms with van der Waals surface area (Å²) in [5.74, 6) is -2.20. The van der Waals surface area contributed by atoms with Crippen molar-refractivity contribution in [2.24, 2.45) is 11.8 Å². The molecule has 0 saturated carbocycles. The molecule has 1 aromatic carbocycles. The lowest BCUT2D eigenvalue weighted by molar-refractivity contribution is -0.150. The second-order valence-electron chi connectivity index (χ2n) is 6.98. The van der Waals surface area contributed by atoms with Gasteiger partial charge in [-0.1, -0.05) is 23.8 Å². The van der Waals surface area contributed by atoms with Gasteiger partial charge in [0, 0.05) is 6.92 Å². The molecule has 0 aliphatic carbocycles. The highest BCUT2D eigenvalue weighted by molar-refractivity contribution is 6.23. The molecular weight excluding hydrogens is 322 g/mol. The minimum atomic E-state index is -1.04. The first-order valence-electron chi connectivity index (χ1n) is 8.30. The van der Waals surface area contributed by atoms with Crippen LogP contribution in [0.25, 0.3) is 0 Å². The Morgan fingerprint density at radius 2 is 2.04 bits per heavy atom. The van der Waals surface area contributed by atoms with Crippen molar-refractivity contribution in [2.75, 3.05) is 11.5 Å². The Kier molecular flexibility index (Phi) is 3.37. The predicted octanol–water partition coefficient (Wildman–Crippen LogP) is 1.68. The third-order valence-electron chi connectivity index (χ3n) is 5.25. The number of nitrogens with zero attached hydrogens (tertiary/aromatic N) is 1. The molecule has 2 amide bonds. The van der Waals surface area contributed by atoms with E-state index in [0.717, 1.165) is 11.1 Å². The minimum Gasteiger partial charge on any atom is -0.462 e. The fourth-order valence-corrected chi connectivity index (χ4v) is 4.18. The van der Waals surface area contributed by atoms with Gasteiger partial charge in [0.25, 0.3) is 0 Å². The van der Waals surface area contributed by atoms with E-state index in [0.29, 0.717) is 5.69 Å². The van der Waals surface area contributed by atoms with Gasteiger partial charge in [0.2, 0.25) is 11.8 Å². The Morgan fingerprint density at radius 1 is 1.28 bits per heavy atom. The number of fused-ring (bicyclic) bond motifs is 5. The normalized spacial score (nSPS) is 32.4. The number of rotatable bonds is 3. The van der Waals surface area contributed by atoms with E-state index in [-0.39, 0.29) is 18.4 Å². The van der Waals surface area contributed by atoms with Crippen LogP contribution in [0.5, 0.6) is 0 Å². The highest BCUT2D eigenvalue weighted by Crippen LogP contribution is 2.52. The third-order valence-corrected chi connectivity index (χ3v) is 5.25. The first kappa shape index (κ1) is 16.0. The van der Waals surface area contributed by atoms with Crippen molar-refractivity contribution in [1.82, 2.24) is 0 Å². The zero-order valence-corrected chi connectivity index (χ0v) is 14.3. The Balaban J connectivity index is 1.72. The van der Waals surface area contributed by atoms with Crippen LogP contribution in [-0.2, 0) is 23.9 Å². The second kappa shape index (κ2) is 5.26. The molecule has 0 N–H and O–H groups in total. The molecule has 0 aromatic heterocycles. The predicted molar refractivity (Wildman–Crippen MR) is 88.8 cm³/mol. The maximum Gasteiger partial charge on any atom is 0.302 e. The lowest BCUT2D eigenvalue weighted by Gasteiger charge is -2.28. The molecule has 2 fully saturated rings. The molecule has 6 heteroatoms. The fourth-order valence-electron chi connectivity index (χ4n) is 4.18. The van der Waals surface area contributed by atoms with Gasteiger partial charge in [-0.05, 0) is 31.6 Å². The SMILES string of the molecule is CC(=O)OC[C@@]12C=C[C@@H](O1)[C@H]1C(=O)N(c3ccc(C)cc3C)C(=O)[C@@H]12. The number of esters is 1. The van der Waals surface area contributed by atoms with Crippen molar-refractivity contribution < 1.29 is 23.9 Å². The van der Waals surface area contributed by atoms with Crippen LogP contribution in [0, 0.1) is 25.7 Å². The maximum atomic E-state index is 13.1. The van der Waals surface area contributed by atoms with Crippen molar-refractivity contribution in [3.05, 3.63) is 41.5 Å². The number of amides is 2. The van der Waals surface area contributed by atoms with E-state index < -0.39 is 29.5 Å². The van der Waals surface area contributed by atoms with Gasteiger partial charge in [-0.3, -0.25) is 14.4 Å². The zero-order chi connectivity index (χ0) is 17.9. The monoisotopic (exact) mass is 341 g/mol. The van der Waals surface area contributed by atoms with Crippen LogP contribution in [-0.4, -0.2) is 36.1 Å². The van der Waals surface area contributed by atoms with Gasteiger partial charge in [-0.2, -0.15) is 0 Å². The molecule has 3 heterocycles. The van der Waals surface area contributed by atoms with Crippen LogP contribution >= 0.6 is 0 Å². The first-order valence-corrected chi connectivity index (χ1v) is 8.30. The maximum absolute atomic E-state index is 13.1. The standard InChI is InChI=1S/C19H19NO5/c1-10-4-5-13(11(2)8-10)20-17(22)15-14-6-7-19(25-14,9-24-12(3)21)16(15)18(20)23/h4-8,14-16H,9H2,1-3H3/t14-,15-,16-,19-/m1/s1. The summed E-state index contributed by atoms with van der Waals surface area (Å²) in [7, 11) is 0. The lowest BCUT2D eigenvalue weighted by atomic mass is 9.77. The average molecular weight is 341 g/mol. The van der Waals surface area contributed by atoms with Crippen molar-refractivity contribution in [3.8, 4) is 0 Å². The van der Waals surface area contributed by atoms with Crippen molar-refractivity contribution in [2.45, 2.75) is 32.5 Å². The van der Waals surface area contributed by atoms with Crippen LogP contribution in [0.1, 0.15) is 18.1 Å². The number of hydrogen-bond acceptors (Lipinski definition) is 5. The summed E-state index contributed by atoms with van der Waals surface area (Å²) in [5.41, 5.74) is 1.51. The number of benzene rings is 1. The number of carbonyl (C=O) groups excluding carboxylic acids is 3. The molecule has 3 aliphatic heterocycles. The van der Waals surface area contributed by atoms with Crippen LogP contribution in [0.2, 0.25) is 0 Å². The minimum absolute atomic E-state index is 0.0593. The van der Waals surface area contributed by atoms with E-state index in [9.17, 15) is 14.4 Å². The van der Waals surface area contributed by atoms with E-state index in [1.54, 1.807) is 18.2 Å². The molecule has 6 nitrogen and oxygen atoms in total. The van der Waals surface area contributed by atoms with E-state index in [1.807, 2.05) is 26.0 Å². The lowest BCUT2D eigenvalue weighted by Crippen LogP contribution is -2.44. The number of ether oxygens (including phenoxy) is 2. The number of aryl methyl sites for hydroxylation is 2. The number of imide groups is 1. The molecule has 4 rings (SSSR count). The molecule has 0 radical (unpaired) electrons. The summed E-state index contributed by atoms with van der Waals surface area (Å²) in [6.45, 7) is 5.10. The molecule has 2 bridgehead atoms. The summed E-state index contributed by atoms with van der Waals surface area (Å²) in [4.78, 5) is 38.6. The molecule has 1 aromatic rings. The molecule has 2 saturated heterocycles. The highest BCUT2D eigenvalue weighted by atomic mass is 16.6. The molecule has 3 aliphatic rings. The van der Waals surface area contributed by atoms with Gasteiger partial charge in [-0.25, -0.2) is 4.90 Å². The smallest absolute Gasteiger partial charge is 0.302 e. The first-order chi connectivity index (χ1) is 11.8. The molecule has 25 heavy (non-hydrogen) atoms. The number of hydrogen-bond donors (Lipinski definition) is 0. The van der Waals surface area contributed by atoms with Gasteiger partial charge in [-0.15, -0.1) is 0 Å². The third kappa shape index (κ3) is 2.17. The van der Waals surface area contributed by atoms with Gasteiger partial charge >= 0.3 is 5.97 Å². The van der Waals surface area contributed by atoms with E-state index in [1.165, 1.54) is 11.8 Å². The van der Waals surface area contributed by atoms with Crippen LogP contribution < -0.4 is 4.90 Å². The highest BCUT2D eigenvalue weighted by Gasteiger charge is 2.68. The van der Waals surface area contributed by atoms with E-state index >= 15 is 0 Å². The summed E-state index contributed by atoms with van der Waals surface area (Å²) in [6.07, 6.45) is 3.10. The van der Waals surface area contributed by atoms with Crippen LogP contribution in [0.15, 0.2) is 30.4 Å². The Labute approximate surface area is 145 Å². The van der Waals surface area contributed by atoms with Crippen molar-refractivity contribution >= 4 is 23.5 Å². The van der Waals surface area contributed by atoms with Crippen LogP contribution in [0.4, 0.5) is 5.69 Å².